The van der Waals surface area contributed by atoms with Crippen molar-refractivity contribution in [3.8, 4) is 5.75 Å². The first-order valence-electron chi connectivity index (χ1n) is 11.8. The van der Waals surface area contributed by atoms with Gasteiger partial charge in [-0.15, -0.1) is 0 Å². The van der Waals surface area contributed by atoms with Crippen LogP contribution in [0, 0.1) is 5.92 Å². The highest BCUT2D eigenvalue weighted by molar-refractivity contribution is 9.10. The van der Waals surface area contributed by atoms with E-state index in [9.17, 15) is 48.3 Å². The highest BCUT2D eigenvalue weighted by Gasteiger charge is 2.40. The Morgan fingerprint density at radius 3 is 2.05 bits per heavy atom. The van der Waals surface area contributed by atoms with Gasteiger partial charge in [0.25, 0.3) is 20.1 Å². The van der Waals surface area contributed by atoms with Crippen molar-refractivity contribution in [1.82, 2.24) is 0 Å². The van der Waals surface area contributed by atoms with Gasteiger partial charge in [-0.2, -0.15) is 34.8 Å². The molecule has 0 saturated heterocycles. The van der Waals surface area contributed by atoms with Gasteiger partial charge in [0.05, 0.1) is 46.4 Å². The molecular weight excluding hydrogens is 684 g/mol. The van der Waals surface area contributed by atoms with Crippen LogP contribution in [0.1, 0.15) is 11.1 Å². The normalized spacial score (nSPS) is 17.0. The quantitative estimate of drug-likeness (QED) is 0.245. The molecule has 1 N–H and O–H groups in total. The van der Waals surface area contributed by atoms with E-state index in [1.165, 1.54) is 18.2 Å². The van der Waals surface area contributed by atoms with Crippen LogP contribution in [0.15, 0.2) is 81.0 Å². The first kappa shape index (κ1) is 32.1. The number of sulfonamides is 1. The first-order valence-corrected chi connectivity index (χ1v) is 15.4. The van der Waals surface area contributed by atoms with Crippen LogP contribution in [0.25, 0.3) is 0 Å². The van der Waals surface area contributed by atoms with Crippen LogP contribution in [0.5, 0.6) is 5.75 Å². The minimum atomic E-state index is -4.83. The summed E-state index contributed by atoms with van der Waals surface area (Å²) in [6, 6.07) is 10.1. The molecule has 1 heterocycles. The zero-order chi connectivity index (χ0) is 31.1. The summed E-state index contributed by atoms with van der Waals surface area (Å²) in [5.74, 6) is -1.30. The van der Waals surface area contributed by atoms with Crippen LogP contribution in [0.3, 0.4) is 0 Å². The number of nitrogens with zero attached hydrogens (tertiary/aromatic N) is 1. The lowest BCUT2D eigenvalue weighted by molar-refractivity contribution is -0.138. The number of aliphatic hydroxyl groups excluding tert-OH is 1. The maximum atomic E-state index is 13.6. The smallest absolute Gasteiger partial charge is 0.416 e. The Labute approximate surface area is 244 Å². The molecule has 0 amide bonds. The SMILES string of the molecule is O=S(=O)(OCC(CO)C1CN(S(=O)(=O)c2cccc(C(F)(F)F)c2)c2cc(Br)ccc2O1)c1cccc(C(F)(F)F)c1. The average Bonchev–Trinajstić information content (AvgIpc) is 2.92. The van der Waals surface area contributed by atoms with Gasteiger partial charge in [0, 0.05) is 10.4 Å². The van der Waals surface area contributed by atoms with Gasteiger partial charge in [-0.25, -0.2) is 8.42 Å². The molecule has 3 aromatic carbocycles. The molecule has 3 aromatic rings. The predicted molar refractivity (Wildman–Crippen MR) is 140 cm³/mol. The van der Waals surface area contributed by atoms with Crippen LogP contribution < -0.4 is 9.04 Å². The van der Waals surface area contributed by atoms with Crippen LogP contribution in [-0.4, -0.2) is 47.8 Å². The van der Waals surface area contributed by atoms with Crippen LogP contribution in [0.4, 0.5) is 32.0 Å². The Balaban J connectivity index is 1.64. The number of halogens is 7. The number of hydrogen-bond donors (Lipinski definition) is 1. The van der Waals surface area contributed by atoms with Gasteiger partial charge in [0.15, 0.2) is 0 Å². The fourth-order valence-electron chi connectivity index (χ4n) is 4.03. The van der Waals surface area contributed by atoms with E-state index in [1.54, 1.807) is 0 Å². The molecule has 42 heavy (non-hydrogen) atoms. The zero-order valence-corrected chi connectivity index (χ0v) is 24.2. The van der Waals surface area contributed by atoms with E-state index < -0.39 is 85.2 Å². The Morgan fingerprint density at radius 1 is 0.905 bits per heavy atom. The Morgan fingerprint density at radius 2 is 1.48 bits per heavy atom. The average molecular weight is 704 g/mol. The van der Waals surface area contributed by atoms with E-state index in [0.29, 0.717) is 28.7 Å². The van der Waals surface area contributed by atoms with E-state index in [0.717, 1.165) is 28.6 Å². The molecule has 1 aliphatic heterocycles. The molecule has 1 aliphatic rings. The predicted octanol–water partition coefficient (Wildman–Crippen LogP) is 5.46. The summed E-state index contributed by atoms with van der Waals surface area (Å²) in [5.41, 5.74) is -2.49. The first-order chi connectivity index (χ1) is 19.4. The van der Waals surface area contributed by atoms with Gasteiger partial charge in [0.2, 0.25) is 0 Å². The molecule has 4 rings (SSSR count). The summed E-state index contributed by atoms with van der Waals surface area (Å²) in [6.45, 7) is -2.23. The monoisotopic (exact) mass is 703 g/mol. The molecule has 0 bridgehead atoms. The largest absolute Gasteiger partial charge is 0.486 e. The van der Waals surface area contributed by atoms with Gasteiger partial charge in [-0.05, 0) is 54.6 Å². The molecular formula is C25H20BrF6NO7S2. The standard InChI is InChI=1S/C25H20BrF6NO7S2/c26-18-7-8-22-21(11-18)33(41(35,36)19-5-1-3-16(9-19)24(27,28)29)12-23(40-22)15(13-34)14-39-42(37,38)20-6-2-4-17(10-20)25(30,31)32/h1-11,15,23,34H,12-14H2. The van der Waals surface area contributed by atoms with Crippen molar-refractivity contribution in [3.63, 3.8) is 0 Å². The topological polar surface area (TPSA) is 110 Å². The summed E-state index contributed by atoms with van der Waals surface area (Å²) >= 11 is 3.20. The van der Waals surface area contributed by atoms with Crippen molar-refractivity contribution >= 4 is 41.8 Å². The fraction of sp³-hybridized carbons (Fsp3) is 0.280. The molecule has 17 heteroatoms. The number of anilines is 1. The molecule has 0 radical (unpaired) electrons. The summed E-state index contributed by atoms with van der Waals surface area (Å²) in [5, 5.41) is 10.0. The molecule has 0 spiro atoms. The van der Waals surface area contributed by atoms with Gasteiger partial charge in [-0.3, -0.25) is 8.49 Å². The maximum Gasteiger partial charge on any atom is 0.416 e. The van der Waals surface area contributed by atoms with E-state index in [4.69, 9.17) is 8.92 Å². The second-order valence-electron chi connectivity index (χ2n) is 9.04. The number of aliphatic hydroxyl groups is 1. The third kappa shape index (κ3) is 6.85. The molecule has 2 atom stereocenters. The van der Waals surface area contributed by atoms with Crippen molar-refractivity contribution in [1.29, 1.82) is 0 Å². The molecule has 0 saturated carbocycles. The third-order valence-electron chi connectivity index (χ3n) is 6.21. The van der Waals surface area contributed by atoms with Crippen LogP contribution in [-0.2, 0) is 36.7 Å². The van der Waals surface area contributed by atoms with Gasteiger partial charge in [0.1, 0.15) is 11.9 Å². The number of fused-ring (bicyclic) bond motifs is 1. The lowest BCUT2D eigenvalue weighted by Gasteiger charge is -2.38. The van der Waals surface area contributed by atoms with E-state index >= 15 is 0 Å². The molecule has 228 valence electrons. The van der Waals surface area contributed by atoms with E-state index in [1.807, 2.05) is 0 Å². The minimum Gasteiger partial charge on any atom is -0.486 e. The molecule has 0 aromatic heterocycles. The second-order valence-corrected chi connectivity index (χ2v) is 13.4. The Hall–Kier alpha value is -2.86. The minimum absolute atomic E-state index is 0.0489. The summed E-state index contributed by atoms with van der Waals surface area (Å²) in [7, 11) is -9.44. The highest BCUT2D eigenvalue weighted by Crippen LogP contribution is 2.41. The van der Waals surface area contributed by atoms with Gasteiger partial charge < -0.3 is 9.84 Å². The number of ether oxygens (including phenoxy) is 1. The fourth-order valence-corrected chi connectivity index (χ4v) is 6.91. The van der Waals surface area contributed by atoms with Crippen molar-refractivity contribution in [2.75, 3.05) is 24.1 Å². The highest BCUT2D eigenvalue weighted by atomic mass is 79.9. The number of alkyl halides is 6. The van der Waals surface area contributed by atoms with Crippen LogP contribution >= 0.6 is 15.9 Å². The van der Waals surface area contributed by atoms with Gasteiger partial charge >= 0.3 is 12.4 Å². The zero-order valence-electron chi connectivity index (χ0n) is 20.9. The number of rotatable bonds is 8. The summed E-state index contributed by atoms with van der Waals surface area (Å²) in [6.07, 6.45) is -10.9. The van der Waals surface area contributed by atoms with Crippen molar-refractivity contribution < 1.29 is 57.2 Å². The molecule has 0 fully saturated rings. The molecule has 8 nitrogen and oxygen atoms in total. The summed E-state index contributed by atoms with van der Waals surface area (Å²) in [4.78, 5) is -1.49. The number of benzene rings is 3. The third-order valence-corrected chi connectivity index (χ3v) is 9.76. The molecule has 0 aliphatic carbocycles. The Bertz CT molecular complexity index is 1680. The van der Waals surface area contributed by atoms with Crippen molar-refractivity contribution in [2.45, 2.75) is 28.2 Å². The van der Waals surface area contributed by atoms with E-state index in [2.05, 4.69) is 15.9 Å². The lowest BCUT2D eigenvalue weighted by Crippen LogP contribution is -2.48. The van der Waals surface area contributed by atoms with Crippen molar-refractivity contribution in [3.05, 3.63) is 82.3 Å². The molecule has 2 unspecified atom stereocenters. The Kier molecular flexibility index (Phi) is 8.91. The second kappa shape index (κ2) is 11.7. The van der Waals surface area contributed by atoms with Crippen molar-refractivity contribution in [2.24, 2.45) is 5.92 Å². The van der Waals surface area contributed by atoms with Crippen LogP contribution in [0.2, 0.25) is 0 Å². The maximum absolute atomic E-state index is 13.6. The van der Waals surface area contributed by atoms with Gasteiger partial charge in [-0.1, -0.05) is 28.1 Å². The lowest BCUT2D eigenvalue weighted by atomic mass is 10.0. The summed E-state index contributed by atoms with van der Waals surface area (Å²) < 4.78 is 144. The van der Waals surface area contributed by atoms with E-state index in [-0.39, 0.29) is 11.4 Å². The number of hydrogen-bond acceptors (Lipinski definition) is 7.